The molecule has 1 spiro atoms. The van der Waals surface area contributed by atoms with E-state index in [-0.39, 0.29) is 5.60 Å². The van der Waals surface area contributed by atoms with Gasteiger partial charge in [-0.3, -0.25) is 0 Å². The fourth-order valence-electron chi connectivity index (χ4n) is 2.41. The number of likely N-dealkylation sites (tertiary alicyclic amines) is 1. The minimum Gasteiger partial charge on any atom is -0.374 e. The fraction of sp³-hybridized carbons (Fsp3) is 1.00. The van der Waals surface area contributed by atoms with Crippen LogP contribution in [-0.2, 0) is 4.74 Å². The second kappa shape index (κ2) is 4.43. The monoisotopic (exact) mass is 185 g/mol. The molecule has 2 unspecified atom stereocenters. The molecule has 2 saturated heterocycles. The Hall–Kier alpha value is -0.0800. The maximum Gasteiger partial charge on any atom is 0.0824 e. The molecule has 2 atom stereocenters. The molecule has 2 aliphatic rings. The third-order valence-corrected chi connectivity index (χ3v) is 3.14. The van der Waals surface area contributed by atoms with Gasteiger partial charge in [0.05, 0.1) is 5.60 Å². The van der Waals surface area contributed by atoms with E-state index < -0.39 is 0 Å². The highest BCUT2D eigenvalue weighted by Crippen LogP contribution is 2.37. The number of likely N-dealkylation sites (N-methyl/N-ethyl adjacent to an activating group) is 1. The predicted molar refractivity (Wildman–Crippen MR) is 56.0 cm³/mol. The summed E-state index contributed by atoms with van der Waals surface area (Å²) >= 11 is 0. The van der Waals surface area contributed by atoms with E-state index in [1.807, 2.05) is 13.8 Å². The van der Waals surface area contributed by atoms with Crippen LogP contribution in [0, 0.1) is 0 Å². The van der Waals surface area contributed by atoms with Crippen LogP contribution in [0.3, 0.4) is 0 Å². The largest absolute Gasteiger partial charge is 0.374 e. The summed E-state index contributed by atoms with van der Waals surface area (Å²) in [6, 6.07) is 0.716. The van der Waals surface area contributed by atoms with Gasteiger partial charge < -0.3 is 9.64 Å². The van der Waals surface area contributed by atoms with Crippen LogP contribution in [0.5, 0.6) is 0 Å². The van der Waals surface area contributed by atoms with Crippen LogP contribution in [0.25, 0.3) is 0 Å². The van der Waals surface area contributed by atoms with E-state index in [0.29, 0.717) is 6.04 Å². The average Bonchev–Trinajstić information content (AvgIpc) is 2.66. The molecule has 0 saturated carbocycles. The molecule has 0 aromatic rings. The summed E-state index contributed by atoms with van der Waals surface area (Å²) < 4.78 is 5.80. The molecule has 2 nitrogen and oxygen atoms in total. The Balaban J connectivity index is 0.000000396. The normalized spacial score (nSPS) is 39.2. The van der Waals surface area contributed by atoms with Crippen LogP contribution < -0.4 is 0 Å². The van der Waals surface area contributed by atoms with Crippen LogP contribution in [0.1, 0.15) is 40.0 Å². The summed E-state index contributed by atoms with van der Waals surface area (Å²) in [7, 11) is 2.20. The van der Waals surface area contributed by atoms with Crippen LogP contribution in [0.2, 0.25) is 0 Å². The first-order valence-electron chi connectivity index (χ1n) is 5.56. The Labute approximate surface area is 82.3 Å². The zero-order valence-corrected chi connectivity index (χ0v) is 9.47. The Morgan fingerprint density at radius 2 is 2.08 bits per heavy atom. The lowest BCUT2D eigenvalue weighted by Crippen LogP contribution is -2.30. The van der Waals surface area contributed by atoms with Crippen molar-refractivity contribution in [2.75, 3.05) is 20.2 Å². The fourth-order valence-corrected chi connectivity index (χ4v) is 2.41. The van der Waals surface area contributed by atoms with Gasteiger partial charge in [-0.05, 0) is 33.2 Å². The zero-order valence-electron chi connectivity index (χ0n) is 9.47. The Kier molecular flexibility index (Phi) is 3.74. The number of hydrogen-bond donors (Lipinski definition) is 0. The molecule has 13 heavy (non-hydrogen) atoms. The quantitative estimate of drug-likeness (QED) is 0.574. The number of ether oxygens (including phenoxy) is 1. The van der Waals surface area contributed by atoms with E-state index in [9.17, 15) is 0 Å². The van der Waals surface area contributed by atoms with E-state index in [1.165, 1.54) is 19.3 Å². The molecule has 2 rings (SSSR count). The summed E-state index contributed by atoms with van der Waals surface area (Å²) in [5, 5.41) is 0. The summed E-state index contributed by atoms with van der Waals surface area (Å²) in [5.74, 6) is 0. The molecule has 0 aliphatic carbocycles. The minimum atomic E-state index is 0.258. The van der Waals surface area contributed by atoms with Crippen LogP contribution >= 0.6 is 0 Å². The number of nitrogens with zero attached hydrogens (tertiary/aromatic N) is 1. The molecular weight excluding hydrogens is 162 g/mol. The molecular formula is C11H23NO. The van der Waals surface area contributed by atoms with Gasteiger partial charge >= 0.3 is 0 Å². The van der Waals surface area contributed by atoms with Gasteiger partial charge in [-0.2, -0.15) is 0 Å². The average molecular weight is 185 g/mol. The minimum absolute atomic E-state index is 0.258. The van der Waals surface area contributed by atoms with Crippen molar-refractivity contribution in [2.45, 2.75) is 51.7 Å². The second-order valence-electron chi connectivity index (χ2n) is 4.10. The summed E-state index contributed by atoms with van der Waals surface area (Å²) in [5.41, 5.74) is 0.258. The van der Waals surface area contributed by atoms with Crippen molar-refractivity contribution >= 4 is 0 Å². The van der Waals surface area contributed by atoms with E-state index >= 15 is 0 Å². The molecule has 0 N–H and O–H groups in total. The lowest BCUT2D eigenvalue weighted by molar-refractivity contribution is 0.0143. The maximum atomic E-state index is 5.80. The standard InChI is InChI=1S/C9H17NO.C2H6/c1-8-6-9(7-10(8)2)4-3-5-11-9;1-2/h8H,3-7H2,1-2H3;1-2H3. The van der Waals surface area contributed by atoms with Crippen molar-refractivity contribution < 1.29 is 4.74 Å². The van der Waals surface area contributed by atoms with Crippen molar-refractivity contribution in [3.05, 3.63) is 0 Å². The van der Waals surface area contributed by atoms with Gasteiger partial charge in [0.2, 0.25) is 0 Å². The van der Waals surface area contributed by atoms with E-state index in [4.69, 9.17) is 4.74 Å². The van der Waals surface area contributed by atoms with Gasteiger partial charge in [-0.1, -0.05) is 13.8 Å². The van der Waals surface area contributed by atoms with Crippen LogP contribution in [0.4, 0.5) is 0 Å². The predicted octanol–water partition coefficient (Wildman–Crippen LogP) is 2.29. The molecule has 0 radical (unpaired) electrons. The zero-order chi connectivity index (χ0) is 9.90. The van der Waals surface area contributed by atoms with Crippen molar-refractivity contribution in [1.29, 1.82) is 0 Å². The second-order valence-corrected chi connectivity index (χ2v) is 4.10. The molecule has 2 aliphatic heterocycles. The van der Waals surface area contributed by atoms with Gasteiger partial charge in [0.1, 0.15) is 0 Å². The molecule has 0 bridgehead atoms. The lowest BCUT2D eigenvalue weighted by atomic mass is 9.97. The van der Waals surface area contributed by atoms with Gasteiger partial charge in [-0.15, -0.1) is 0 Å². The van der Waals surface area contributed by atoms with Crippen molar-refractivity contribution in [3.8, 4) is 0 Å². The van der Waals surface area contributed by atoms with Crippen LogP contribution in [-0.4, -0.2) is 36.7 Å². The van der Waals surface area contributed by atoms with Gasteiger partial charge in [0.25, 0.3) is 0 Å². The van der Waals surface area contributed by atoms with E-state index in [0.717, 1.165) is 13.2 Å². The summed E-state index contributed by atoms with van der Waals surface area (Å²) in [4.78, 5) is 2.41. The van der Waals surface area contributed by atoms with Crippen molar-refractivity contribution in [2.24, 2.45) is 0 Å². The highest BCUT2D eigenvalue weighted by atomic mass is 16.5. The van der Waals surface area contributed by atoms with E-state index in [1.54, 1.807) is 0 Å². The SMILES string of the molecule is CC.CC1CC2(CCCO2)CN1C. The molecule has 0 aromatic carbocycles. The molecule has 0 aromatic heterocycles. The third kappa shape index (κ3) is 2.23. The lowest BCUT2D eigenvalue weighted by Gasteiger charge is -2.21. The summed E-state index contributed by atoms with van der Waals surface area (Å²) in [6.07, 6.45) is 3.78. The number of hydrogen-bond acceptors (Lipinski definition) is 2. The first kappa shape index (κ1) is 11.0. The Morgan fingerprint density at radius 1 is 1.38 bits per heavy atom. The summed E-state index contributed by atoms with van der Waals surface area (Å²) in [6.45, 7) is 8.42. The molecule has 2 heteroatoms. The smallest absolute Gasteiger partial charge is 0.0824 e. The van der Waals surface area contributed by atoms with Gasteiger partial charge in [0.15, 0.2) is 0 Å². The Bertz CT molecular complexity index is 140. The molecule has 2 fully saturated rings. The van der Waals surface area contributed by atoms with Crippen LogP contribution in [0.15, 0.2) is 0 Å². The molecule has 2 heterocycles. The first-order valence-corrected chi connectivity index (χ1v) is 5.56. The van der Waals surface area contributed by atoms with Crippen molar-refractivity contribution in [3.63, 3.8) is 0 Å². The van der Waals surface area contributed by atoms with Gasteiger partial charge in [0, 0.05) is 19.2 Å². The molecule has 0 amide bonds. The Morgan fingerprint density at radius 3 is 2.46 bits per heavy atom. The maximum absolute atomic E-state index is 5.80. The highest BCUT2D eigenvalue weighted by molar-refractivity contribution is 4.97. The van der Waals surface area contributed by atoms with E-state index in [2.05, 4.69) is 18.9 Å². The topological polar surface area (TPSA) is 12.5 Å². The van der Waals surface area contributed by atoms with Crippen molar-refractivity contribution in [1.82, 2.24) is 4.90 Å². The molecule has 78 valence electrons. The third-order valence-electron chi connectivity index (χ3n) is 3.14. The number of rotatable bonds is 0. The van der Waals surface area contributed by atoms with Gasteiger partial charge in [-0.25, -0.2) is 0 Å². The highest BCUT2D eigenvalue weighted by Gasteiger charge is 2.43. The first-order chi connectivity index (χ1) is 6.22.